The summed E-state index contributed by atoms with van der Waals surface area (Å²) in [7, 11) is 0. The summed E-state index contributed by atoms with van der Waals surface area (Å²) < 4.78 is 1.41. The Kier molecular flexibility index (Phi) is 5.87. The first-order valence-electron chi connectivity index (χ1n) is 9.29. The molecule has 0 bridgehead atoms. The predicted molar refractivity (Wildman–Crippen MR) is 120 cm³/mol. The number of nitrogens with one attached hydrogen (secondary N) is 2. The second-order valence-corrected chi connectivity index (χ2v) is 7.86. The summed E-state index contributed by atoms with van der Waals surface area (Å²) in [5, 5.41) is 10.6. The molecule has 2 N–H and O–H groups in total. The first-order valence-corrected chi connectivity index (χ1v) is 10.7. The van der Waals surface area contributed by atoms with E-state index in [0.717, 1.165) is 23.9 Å². The summed E-state index contributed by atoms with van der Waals surface area (Å²) in [6.07, 6.45) is 2.37. The fraction of sp³-hybridized carbons (Fsp3) is 0.143. The van der Waals surface area contributed by atoms with E-state index in [2.05, 4.69) is 27.4 Å². The van der Waals surface area contributed by atoms with Crippen molar-refractivity contribution in [2.45, 2.75) is 18.5 Å². The number of aromatic amines is 1. The molecule has 0 spiro atoms. The number of amides is 1. The Hall–Kier alpha value is -3.10. The minimum atomic E-state index is -0.306. The first-order chi connectivity index (χ1) is 14.6. The predicted octanol–water partition coefficient (Wildman–Crippen LogP) is 4.06. The van der Waals surface area contributed by atoms with E-state index < -0.39 is 0 Å². The van der Waals surface area contributed by atoms with Gasteiger partial charge in [0.05, 0.1) is 22.7 Å². The monoisotopic (exact) mass is 439 g/mol. The Morgan fingerprint density at radius 1 is 1.20 bits per heavy atom. The highest BCUT2D eigenvalue weighted by molar-refractivity contribution is 7.99. The molecular weight excluding hydrogens is 422 g/mol. The third kappa shape index (κ3) is 4.10. The number of carbonyl (C=O) groups excluding carboxylic acids is 1. The number of hydrogen-bond acceptors (Lipinski definition) is 5. The van der Waals surface area contributed by atoms with Gasteiger partial charge in [-0.2, -0.15) is 5.10 Å². The van der Waals surface area contributed by atoms with Crippen LogP contribution in [0.25, 0.3) is 16.7 Å². The van der Waals surface area contributed by atoms with E-state index in [-0.39, 0.29) is 17.2 Å². The normalized spacial score (nSPS) is 11.0. The van der Waals surface area contributed by atoms with Crippen molar-refractivity contribution in [3.05, 3.63) is 75.7 Å². The Morgan fingerprint density at radius 2 is 1.97 bits per heavy atom. The topological polar surface area (TPSA) is 92.7 Å². The van der Waals surface area contributed by atoms with E-state index in [1.54, 1.807) is 24.3 Å². The number of fused-ring (bicyclic) bond motifs is 1. The third-order valence-electron chi connectivity index (χ3n) is 4.52. The molecule has 30 heavy (non-hydrogen) atoms. The summed E-state index contributed by atoms with van der Waals surface area (Å²) in [4.78, 5) is 30.0. The van der Waals surface area contributed by atoms with Gasteiger partial charge in [-0.05, 0) is 36.2 Å². The number of rotatable bonds is 6. The van der Waals surface area contributed by atoms with Crippen molar-refractivity contribution in [1.29, 1.82) is 0 Å². The standard InChI is InChI=1S/C21H18ClN5O2S/c1-2-13-7-9-14(10-8-13)24-18(28)12-30-21-25-19-15(11-23-26-19)20(29)27(21)17-6-4-3-5-16(17)22/h3-11H,2,12H2,1H3,(H,23,26)(H,24,28). The molecule has 1 amide bonds. The Bertz CT molecular complexity index is 1270. The van der Waals surface area contributed by atoms with Crippen molar-refractivity contribution in [3.8, 4) is 5.69 Å². The van der Waals surface area contributed by atoms with Gasteiger partial charge in [0.15, 0.2) is 10.8 Å². The van der Waals surface area contributed by atoms with Crippen LogP contribution >= 0.6 is 23.4 Å². The zero-order valence-corrected chi connectivity index (χ0v) is 17.6. The lowest BCUT2D eigenvalue weighted by molar-refractivity contribution is -0.113. The third-order valence-corrected chi connectivity index (χ3v) is 5.78. The van der Waals surface area contributed by atoms with Crippen molar-refractivity contribution in [2.24, 2.45) is 0 Å². The van der Waals surface area contributed by atoms with Gasteiger partial charge >= 0.3 is 0 Å². The largest absolute Gasteiger partial charge is 0.325 e. The Labute approximate surface area is 181 Å². The molecule has 4 aromatic rings. The van der Waals surface area contributed by atoms with Crippen molar-refractivity contribution in [2.75, 3.05) is 11.1 Å². The maximum absolute atomic E-state index is 13.0. The number of anilines is 1. The van der Waals surface area contributed by atoms with Gasteiger partial charge in [0.1, 0.15) is 5.39 Å². The smallest absolute Gasteiger partial charge is 0.269 e. The lowest BCUT2D eigenvalue weighted by Crippen LogP contribution is -2.22. The van der Waals surface area contributed by atoms with Gasteiger partial charge in [-0.15, -0.1) is 0 Å². The fourth-order valence-electron chi connectivity index (χ4n) is 2.97. The highest BCUT2D eigenvalue weighted by Gasteiger charge is 2.17. The molecule has 0 saturated heterocycles. The van der Waals surface area contributed by atoms with Gasteiger partial charge in [-0.25, -0.2) is 4.98 Å². The van der Waals surface area contributed by atoms with Gasteiger partial charge in [0.2, 0.25) is 5.91 Å². The van der Waals surface area contributed by atoms with Crippen LogP contribution in [-0.4, -0.2) is 31.4 Å². The molecule has 0 unspecified atom stereocenters. The molecule has 2 heterocycles. The van der Waals surface area contributed by atoms with E-state index in [0.29, 0.717) is 26.9 Å². The summed E-state index contributed by atoms with van der Waals surface area (Å²) in [6, 6.07) is 14.7. The number of benzene rings is 2. The zero-order valence-electron chi connectivity index (χ0n) is 16.1. The average molecular weight is 440 g/mol. The second-order valence-electron chi connectivity index (χ2n) is 6.51. The van der Waals surface area contributed by atoms with Gasteiger partial charge in [-0.3, -0.25) is 19.3 Å². The van der Waals surface area contributed by atoms with Gasteiger partial charge in [0, 0.05) is 5.69 Å². The second kappa shape index (κ2) is 8.73. The van der Waals surface area contributed by atoms with Crippen LogP contribution in [0.1, 0.15) is 12.5 Å². The van der Waals surface area contributed by atoms with Crippen molar-refractivity contribution in [1.82, 2.24) is 19.7 Å². The molecule has 7 nitrogen and oxygen atoms in total. The number of aryl methyl sites for hydroxylation is 1. The molecule has 152 valence electrons. The number of thioether (sulfide) groups is 1. The van der Waals surface area contributed by atoms with Crippen molar-refractivity contribution >= 4 is 46.0 Å². The average Bonchev–Trinajstić information content (AvgIpc) is 3.23. The first kappa shape index (κ1) is 20.2. The molecule has 2 aromatic heterocycles. The number of hydrogen-bond donors (Lipinski definition) is 2. The maximum atomic E-state index is 13.0. The summed E-state index contributed by atoms with van der Waals surface area (Å²) in [5.74, 6) is -0.125. The van der Waals surface area contributed by atoms with Crippen LogP contribution in [0.4, 0.5) is 5.69 Å². The van der Waals surface area contributed by atoms with E-state index in [1.165, 1.54) is 16.3 Å². The van der Waals surface area contributed by atoms with Crippen LogP contribution < -0.4 is 10.9 Å². The van der Waals surface area contributed by atoms with Crippen LogP contribution in [0.3, 0.4) is 0 Å². The summed E-state index contributed by atoms with van der Waals surface area (Å²) >= 11 is 7.47. The number of carbonyl (C=O) groups is 1. The molecule has 4 rings (SSSR count). The number of para-hydroxylation sites is 1. The van der Waals surface area contributed by atoms with Crippen LogP contribution in [0, 0.1) is 0 Å². The number of aromatic nitrogens is 4. The number of halogens is 1. The molecule has 0 aliphatic rings. The van der Waals surface area contributed by atoms with Crippen LogP contribution in [0.15, 0.2) is 64.7 Å². The Balaban J connectivity index is 1.61. The fourth-order valence-corrected chi connectivity index (χ4v) is 3.99. The van der Waals surface area contributed by atoms with Crippen molar-refractivity contribution < 1.29 is 4.79 Å². The number of H-pyrrole nitrogens is 1. The SMILES string of the molecule is CCc1ccc(NC(=O)CSc2nc3[nH]ncc3c(=O)n2-c2ccccc2Cl)cc1. The van der Waals surface area contributed by atoms with E-state index in [9.17, 15) is 9.59 Å². The van der Waals surface area contributed by atoms with E-state index >= 15 is 0 Å². The number of nitrogens with zero attached hydrogens (tertiary/aromatic N) is 3. The van der Waals surface area contributed by atoms with Gasteiger partial charge < -0.3 is 5.32 Å². The van der Waals surface area contributed by atoms with Crippen LogP contribution in [0.2, 0.25) is 5.02 Å². The summed E-state index contributed by atoms with van der Waals surface area (Å²) in [5.41, 5.74) is 2.47. The molecule has 0 fully saturated rings. The molecule has 0 aliphatic carbocycles. The van der Waals surface area contributed by atoms with E-state index in [1.807, 2.05) is 24.3 Å². The minimum Gasteiger partial charge on any atom is -0.325 e. The molecule has 9 heteroatoms. The molecular formula is C21H18ClN5O2S. The minimum absolute atomic E-state index is 0.0755. The highest BCUT2D eigenvalue weighted by atomic mass is 35.5. The lowest BCUT2D eigenvalue weighted by atomic mass is 10.1. The lowest BCUT2D eigenvalue weighted by Gasteiger charge is -2.13. The van der Waals surface area contributed by atoms with E-state index in [4.69, 9.17) is 11.6 Å². The molecule has 2 aromatic carbocycles. The zero-order chi connectivity index (χ0) is 21.1. The maximum Gasteiger partial charge on any atom is 0.269 e. The molecule has 0 atom stereocenters. The van der Waals surface area contributed by atoms with Gasteiger partial charge in [0.25, 0.3) is 5.56 Å². The quantitative estimate of drug-likeness (QED) is 0.349. The highest BCUT2D eigenvalue weighted by Crippen LogP contribution is 2.25. The Morgan fingerprint density at radius 3 is 2.70 bits per heavy atom. The molecule has 0 radical (unpaired) electrons. The molecule has 0 saturated carbocycles. The van der Waals surface area contributed by atoms with Gasteiger partial charge in [-0.1, -0.05) is 54.6 Å². The van der Waals surface area contributed by atoms with Crippen LogP contribution in [-0.2, 0) is 11.2 Å². The summed E-state index contributed by atoms with van der Waals surface area (Å²) in [6.45, 7) is 2.08. The van der Waals surface area contributed by atoms with Crippen LogP contribution in [0.5, 0.6) is 0 Å². The molecule has 0 aliphatic heterocycles. The van der Waals surface area contributed by atoms with Crippen molar-refractivity contribution in [3.63, 3.8) is 0 Å².